The monoisotopic (exact) mass is 488 g/mol. The minimum atomic E-state index is -1.62. The molecule has 140 valence electrons. The molecule has 1 aromatic rings. The van der Waals surface area contributed by atoms with Gasteiger partial charge in [0.2, 0.25) is 0 Å². The lowest BCUT2D eigenvalue weighted by Crippen LogP contribution is -2.40. The van der Waals surface area contributed by atoms with Crippen molar-refractivity contribution in [3.8, 4) is 0 Å². The zero-order valence-corrected chi connectivity index (χ0v) is 16.5. The Balaban J connectivity index is 1.83. The average molecular weight is 488 g/mol. The molecule has 0 aliphatic carbocycles. The number of H-pyrrole nitrogens is 1. The van der Waals surface area contributed by atoms with E-state index in [9.17, 15) is 9.59 Å². The molecule has 0 spiro atoms. The molecule has 8 nitrogen and oxygen atoms in total. The molecule has 0 amide bonds. The molecule has 6 unspecified atom stereocenters. The van der Waals surface area contributed by atoms with Gasteiger partial charge in [0.1, 0.15) is 12.2 Å². The van der Waals surface area contributed by atoms with E-state index in [1.165, 1.54) is 6.20 Å². The van der Waals surface area contributed by atoms with Crippen LogP contribution in [0.2, 0.25) is 0 Å². The van der Waals surface area contributed by atoms with Crippen LogP contribution >= 0.6 is 32.1 Å². The van der Waals surface area contributed by atoms with Gasteiger partial charge in [0.05, 0.1) is 10.2 Å². The number of rotatable bonds is 5. The fraction of sp³-hybridized carbons (Fsp3) is 0.714. The largest absolute Gasteiger partial charge is 0.363 e. The average Bonchev–Trinajstić information content (AvgIpc) is 2.89. The first kappa shape index (κ1) is 19.4. The highest BCUT2D eigenvalue weighted by Crippen LogP contribution is 2.35. The van der Waals surface area contributed by atoms with E-state index in [0.717, 1.165) is 17.4 Å². The van der Waals surface area contributed by atoms with E-state index in [4.69, 9.17) is 18.7 Å². The van der Waals surface area contributed by atoms with Gasteiger partial charge in [0.25, 0.3) is 5.56 Å². The highest BCUT2D eigenvalue weighted by Gasteiger charge is 2.48. The summed E-state index contributed by atoms with van der Waals surface area (Å²) in [6.45, 7) is 0.648. The van der Waals surface area contributed by atoms with Gasteiger partial charge in [-0.15, -0.1) is 0 Å². The summed E-state index contributed by atoms with van der Waals surface area (Å²) in [6.07, 6.45) is -1.13. The number of alkyl halides is 1. The fourth-order valence-electron chi connectivity index (χ4n) is 2.95. The van der Waals surface area contributed by atoms with E-state index in [1.54, 1.807) is 22.6 Å². The summed E-state index contributed by atoms with van der Waals surface area (Å²) in [5.41, 5.74) is -1.26. The van der Waals surface area contributed by atoms with E-state index >= 15 is 4.39 Å². The summed E-state index contributed by atoms with van der Waals surface area (Å²) >= 11 is 1.77. The molecule has 0 bridgehead atoms. The van der Waals surface area contributed by atoms with Crippen molar-refractivity contribution in [2.24, 2.45) is 0 Å². The van der Waals surface area contributed by atoms with Crippen LogP contribution in [-0.2, 0) is 18.7 Å². The van der Waals surface area contributed by atoms with E-state index in [1.807, 2.05) is 0 Å². The highest BCUT2D eigenvalue weighted by molar-refractivity contribution is 14.1. The SMILES string of the molecule is O=c1[nH]c(=O)n(C2OC(COP)C(OC3CCCCO3)C2F)cc1I. The van der Waals surface area contributed by atoms with Crippen LogP contribution in [0.5, 0.6) is 0 Å². The number of aromatic amines is 1. The minimum absolute atomic E-state index is 0.0775. The third-order valence-electron chi connectivity index (χ3n) is 4.17. The lowest BCUT2D eigenvalue weighted by molar-refractivity contribution is -0.205. The van der Waals surface area contributed by atoms with Gasteiger partial charge >= 0.3 is 5.69 Å². The van der Waals surface area contributed by atoms with Crippen molar-refractivity contribution >= 4 is 32.1 Å². The van der Waals surface area contributed by atoms with E-state index in [-0.39, 0.29) is 10.2 Å². The number of ether oxygens (including phenoxy) is 3. The van der Waals surface area contributed by atoms with Gasteiger partial charge in [0.15, 0.2) is 18.7 Å². The summed E-state index contributed by atoms with van der Waals surface area (Å²) in [5, 5.41) is 0. The third-order valence-corrected chi connectivity index (χ3v) is 5.13. The van der Waals surface area contributed by atoms with Crippen molar-refractivity contribution in [2.45, 2.75) is 50.2 Å². The van der Waals surface area contributed by atoms with Crippen LogP contribution in [0.15, 0.2) is 15.8 Å². The number of halogens is 2. The van der Waals surface area contributed by atoms with E-state index in [2.05, 4.69) is 14.5 Å². The molecule has 0 saturated carbocycles. The Morgan fingerprint density at radius 1 is 1.44 bits per heavy atom. The van der Waals surface area contributed by atoms with Gasteiger partial charge in [-0.25, -0.2) is 9.18 Å². The third kappa shape index (κ3) is 4.30. The first-order valence-electron chi connectivity index (χ1n) is 7.90. The summed E-state index contributed by atoms with van der Waals surface area (Å²) in [4.78, 5) is 25.7. The zero-order chi connectivity index (χ0) is 18.0. The van der Waals surface area contributed by atoms with Crippen LogP contribution in [0.4, 0.5) is 4.39 Å². The molecule has 2 fully saturated rings. The van der Waals surface area contributed by atoms with Gasteiger partial charge in [-0.1, -0.05) is 0 Å². The van der Waals surface area contributed by atoms with E-state index < -0.39 is 42.1 Å². The molecule has 6 atom stereocenters. The van der Waals surface area contributed by atoms with Crippen molar-refractivity contribution in [3.05, 3.63) is 30.6 Å². The standard InChI is InChI=1S/C14H19FIN2O6P/c15-10-11(24-9-3-1-2-4-21-9)8(6-22-25)23-13(10)18-5-7(16)12(19)17-14(18)20/h5,8-11,13H,1-4,6,25H2,(H,17,19,20). The van der Waals surface area contributed by atoms with Gasteiger partial charge in [-0.2, -0.15) is 0 Å². The molecule has 2 aliphatic heterocycles. The Kier molecular flexibility index (Phi) is 6.61. The molecule has 2 aliphatic rings. The molecule has 0 aromatic carbocycles. The lowest BCUT2D eigenvalue weighted by atomic mass is 10.1. The van der Waals surface area contributed by atoms with Crippen LogP contribution in [0.3, 0.4) is 0 Å². The normalized spacial score (nSPS) is 32.8. The highest BCUT2D eigenvalue weighted by atomic mass is 127. The molecular weight excluding hydrogens is 469 g/mol. The van der Waals surface area contributed by atoms with Crippen molar-refractivity contribution in [1.82, 2.24) is 9.55 Å². The fourth-order valence-corrected chi connectivity index (χ4v) is 3.58. The summed E-state index contributed by atoms with van der Waals surface area (Å²) in [6, 6.07) is 0. The van der Waals surface area contributed by atoms with Crippen LogP contribution < -0.4 is 11.2 Å². The first-order chi connectivity index (χ1) is 12.0. The van der Waals surface area contributed by atoms with E-state index in [0.29, 0.717) is 13.0 Å². The Hall–Kier alpha value is -0.390. The second kappa shape index (κ2) is 8.53. The van der Waals surface area contributed by atoms with Crippen molar-refractivity contribution in [1.29, 1.82) is 0 Å². The number of nitrogens with zero attached hydrogens (tertiary/aromatic N) is 1. The predicted octanol–water partition coefficient (Wildman–Crippen LogP) is 1.10. The molecule has 25 heavy (non-hydrogen) atoms. The van der Waals surface area contributed by atoms with Gasteiger partial charge < -0.3 is 18.7 Å². The molecule has 1 aromatic heterocycles. The van der Waals surface area contributed by atoms with Gasteiger partial charge in [-0.3, -0.25) is 14.3 Å². The quantitative estimate of drug-likeness (QED) is 0.493. The lowest BCUT2D eigenvalue weighted by Gasteiger charge is -2.28. The Morgan fingerprint density at radius 2 is 2.24 bits per heavy atom. The number of hydrogen-bond acceptors (Lipinski definition) is 6. The maximum Gasteiger partial charge on any atom is 0.330 e. The zero-order valence-electron chi connectivity index (χ0n) is 13.2. The number of aromatic nitrogens is 2. The maximum atomic E-state index is 15.1. The summed E-state index contributed by atoms with van der Waals surface area (Å²) in [7, 11) is 2.08. The Labute approximate surface area is 158 Å². The van der Waals surface area contributed by atoms with Crippen LogP contribution in [0.25, 0.3) is 0 Å². The summed E-state index contributed by atoms with van der Waals surface area (Å²) < 4.78 is 38.3. The molecule has 3 rings (SSSR count). The predicted molar refractivity (Wildman–Crippen MR) is 97.0 cm³/mol. The van der Waals surface area contributed by atoms with Crippen LogP contribution in [0.1, 0.15) is 25.5 Å². The topological polar surface area (TPSA) is 91.8 Å². The molecule has 0 radical (unpaired) electrons. The smallest absolute Gasteiger partial charge is 0.330 e. The molecular formula is C14H19FIN2O6P. The number of hydrogen-bond donors (Lipinski definition) is 1. The Morgan fingerprint density at radius 3 is 2.92 bits per heavy atom. The van der Waals surface area contributed by atoms with Crippen LogP contribution in [-0.4, -0.2) is 47.4 Å². The first-order valence-corrected chi connectivity index (χ1v) is 9.45. The second-order valence-electron chi connectivity index (χ2n) is 5.88. The summed E-state index contributed by atoms with van der Waals surface area (Å²) in [5.74, 6) is 0. The second-order valence-corrected chi connectivity index (χ2v) is 7.38. The van der Waals surface area contributed by atoms with Crippen molar-refractivity contribution in [3.63, 3.8) is 0 Å². The van der Waals surface area contributed by atoms with Crippen LogP contribution in [0, 0.1) is 3.57 Å². The molecule has 11 heteroatoms. The minimum Gasteiger partial charge on any atom is -0.363 e. The van der Waals surface area contributed by atoms with Crippen molar-refractivity contribution < 1.29 is 23.1 Å². The molecule has 1 N–H and O–H groups in total. The maximum absolute atomic E-state index is 15.1. The molecule has 3 heterocycles. The Bertz CT molecular complexity index is 709. The molecule has 2 saturated heterocycles. The van der Waals surface area contributed by atoms with Gasteiger partial charge in [0, 0.05) is 22.3 Å². The van der Waals surface area contributed by atoms with Gasteiger partial charge in [-0.05, 0) is 41.9 Å². The van der Waals surface area contributed by atoms with Crippen molar-refractivity contribution in [2.75, 3.05) is 13.2 Å². The number of nitrogens with one attached hydrogen (secondary N) is 1.